The number of carbonyl (C=O) groups is 1. The summed E-state index contributed by atoms with van der Waals surface area (Å²) < 4.78 is 7.51. The number of hydrogen-bond donors (Lipinski definition) is 2. The first kappa shape index (κ1) is 20.2. The minimum Gasteiger partial charge on any atom is -0.354 e. The number of benzene rings is 1. The number of amides is 1. The number of aryl methyl sites for hydroxylation is 2. The zero-order valence-electron chi connectivity index (χ0n) is 18.4. The van der Waals surface area contributed by atoms with Crippen molar-refractivity contribution in [3.8, 4) is 0 Å². The number of anilines is 4. The zero-order chi connectivity index (χ0) is 22.7. The fraction of sp³-hybridized carbons (Fsp3) is 0.333. The summed E-state index contributed by atoms with van der Waals surface area (Å²) >= 11 is 7.45. The molecular formula is C21H24ClN7OS. The lowest BCUT2D eigenvalue weighted by Crippen LogP contribution is -2.44. The van der Waals surface area contributed by atoms with Crippen LogP contribution in [0.25, 0.3) is 0 Å². The average molecular weight is 459 g/mol. The molecular weight excluding hydrogens is 434 g/mol. The molecule has 3 heterocycles. The third kappa shape index (κ3) is 5.12. The SMILES string of the molecule is [2H]CN1CCN(c2cc(Nc3ncc(C(=O)Nc4c(C)cccc4Cl)s3)nc(C)n2)CC1. The Morgan fingerprint density at radius 2 is 2.03 bits per heavy atom. The number of hydrogen-bond acceptors (Lipinski definition) is 8. The lowest BCUT2D eigenvalue weighted by atomic mass is 10.2. The molecule has 1 fully saturated rings. The van der Waals surface area contributed by atoms with Crippen LogP contribution in [0.5, 0.6) is 0 Å². The Balaban J connectivity index is 1.45. The highest BCUT2D eigenvalue weighted by molar-refractivity contribution is 7.17. The first-order chi connectivity index (χ1) is 15.4. The Morgan fingerprint density at radius 3 is 2.77 bits per heavy atom. The van der Waals surface area contributed by atoms with E-state index in [1.54, 1.807) is 6.07 Å². The second-order valence-corrected chi connectivity index (χ2v) is 8.74. The number of para-hydroxylation sites is 1. The summed E-state index contributed by atoms with van der Waals surface area (Å²) in [6.45, 7) is 7.05. The van der Waals surface area contributed by atoms with Crippen molar-refractivity contribution in [1.82, 2.24) is 19.9 Å². The van der Waals surface area contributed by atoms with Crippen LogP contribution in [-0.2, 0) is 0 Å². The summed E-state index contributed by atoms with van der Waals surface area (Å²) in [5, 5.41) is 7.11. The van der Waals surface area contributed by atoms with Gasteiger partial charge in [0.05, 0.1) is 16.9 Å². The molecule has 8 nitrogen and oxygen atoms in total. The highest BCUT2D eigenvalue weighted by Crippen LogP contribution is 2.28. The Labute approximate surface area is 191 Å². The van der Waals surface area contributed by atoms with E-state index in [0.717, 1.165) is 37.6 Å². The predicted molar refractivity (Wildman–Crippen MR) is 126 cm³/mol. The van der Waals surface area contributed by atoms with Crippen LogP contribution >= 0.6 is 22.9 Å². The maximum atomic E-state index is 12.7. The summed E-state index contributed by atoms with van der Waals surface area (Å²) in [5.74, 6) is 1.85. The number of rotatable bonds is 5. The molecule has 4 rings (SSSR count). The van der Waals surface area contributed by atoms with Crippen LogP contribution < -0.4 is 15.5 Å². The normalized spacial score (nSPS) is 14.9. The van der Waals surface area contributed by atoms with Crippen molar-refractivity contribution in [3.63, 3.8) is 0 Å². The van der Waals surface area contributed by atoms with E-state index in [1.165, 1.54) is 17.5 Å². The molecule has 0 aliphatic carbocycles. The molecule has 1 aliphatic rings. The monoisotopic (exact) mass is 458 g/mol. The van der Waals surface area contributed by atoms with Gasteiger partial charge in [0.15, 0.2) is 5.13 Å². The average Bonchev–Trinajstić information content (AvgIpc) is 3.24. The number of nitrogens with one attached hydrogen (secondary N) is 2. The van der Waals surface area contributed by atoms with Crippen LogP contribution in [0.4, 0.5) is 22.5 Å². The lowest BCUT2D eigenvalue weighted by molar-refractivity contribution is 0.103. The van der Waals surface area contributed by atoms with Crippen molar-refractivity contribution in [2.45, 2.75) is 13.8 Å². The van der Waals surface area contributed by atoms with Gasteiger partial charge in [-0.2, -0.15) is 0 Å². The molecule has 1 saturated heterocycles. The van der Waals surface area contributed by atoms with Crippen molar-refractivity contribution in [3.05, 3.63) is 51.7 Å². The molecule has 2 aromatic heterocycles. The molecule has 0 radical (unpaired) electrons. The maximum Gasteiger partial charge on any atom is 0.267 e. The van der Waals surface area contributed by atoms with Gasteiger partial charge >= 0.3 is 0 Å². The molecule has 0 unspecified atom stereocenters. The third-order valence-electron chi connectivity index (χ3n) is 4.95. The van der Waals surface area contributed by atoms with Crippen LogP contribution in [0, 0.1) is 13.8 Å². The molecule has 1 aromatic carbocycles. The van der Waals surface area contributed by atoms with Crippen molar-refractivity contribution in [2.24, 2.45) is 0 Å². The van der Waals surface area contributed by atoms with Gasteiger partial charge in [0.1, 0.15) is 22.3 Å². The largest absolute Gasteiger partial charge is 0.354 e. The van der Waals surface area contributed by atoms with E-state index >= 15 is 0 Å². The van der Waals surface area contributed by atoms with E-state index in [0.29, 0.717) is 39.4 Å². The molecule has 1 amide bonds. The fourth-order valence-electron chi connectivity index (χ4n) is 3.27. The van der Waals surface area contributed by atoms with Gasteiger partial charge in [-0.3, -0.25) is 4.79 Å². The van der Waals surface area contributed by atoms with E-state index in [9.17, 15) is 4.79 Å². The van der Waals surface area contributed by atoms with Gasteiger partial charge in [0.2, 0.25) is 0 Å². The summed E-state index contributed by atoms with van der Waals surface area (Å²) in [7, 11) is 0.319. The molecule has 0 atom stereocenters. The van der Waals surface area contributed by atoms with Gasteiger partial charge in [0.25, 0.3) is 5.91 Å². The molecule has 10 heteroatoms. The van der Waals surface area contributed by atoms with Gasteiger partial charge in [-0.1, -0.05) is 35.1 Å². The number of carbonyl (C=O) groups excluding carboxylic acids is 1. The van der Waals surface area contributed by atoms with Gasteiger partial charge in [-0.15, -0.1) is 0 Å². The summed E-state index contributed by atoms with van der Waals surface area (Å²) in [5.41, 5.74) is 1.49. The quantitative estimate of drug-likeness (QED) is 0.598. The molecule has 31 heavy (non-hydrogen) atoms. The number of likely N-dealkylation sites (N-methyl/N-ethyl adjacent to an activating group) is 1. The minimum absolute atomic E-state index is 0.265. The summed E-state index contributed by atoms with van der Waals surface area (Å²) in [4.78, 5) is 30.8. The first-order valence-electron chi connectivity index (χ1n) is 10.5. The van der Waals surface area contributed by atoms with Crippen molar-refractivity contribution < 1.29 is 6.17 Å². The summed E-state index contributed by atoms with van der Waals surface area (Å²) in [6.07, 6.45) is 1.53. The van der Waals surface area contributed by atoms with Crippen LogP contribution in [0.3, 0.4) is 0 Å². The topological polar surface area (TPSA) is 86.3 Å². The number of halogens is 1. The smallest absolute Gasteiger partial charge is 0.267 e. The molecule has 1 aliphatic heterocycles. The molecule has 0 saturated carbocycles. The Morgan fingerprint density at radius 1 is 1.23 bits per heavy atom. The molecule has 2 N–H and O–H groups in total. The second kappa shape index (κ2) is 9.17. The van der Waals surface area contributed by atoms with Crippen LogP contribution in [0.2, 0.25) is 5.02 Å². The van der Waals surface area contributed by atoms with E-state index < -0.39 is 0 Å². The van der Waals surface area contributed by atoms with Gasteiger partial charge in [0, 0.05) is 33.6 Å². The van der Waals surface area contributed by atoms with Crippen molar-refractivity contribution in [2.75, 3.05) is 48.7 Å². The number of aromatic nitrogens is 3. The van der Waals surface area contributed by atoms with Crippen LogP contribution in [0.15, 0.2) is 30.5 Å². The number of thiazole rings is 1. The van der Waals surface area contributed by atoms with E-state index in [2.05, 4.69) is 35.4 Å². The summed E-state index contributed by atoms with van der Waals surface area (Å²) in [6, 6.07) is 7.36. The Bertz CT molecular complexity index is 1100. The van der Waals surface area contributed by atoms with Gasteiger partial charge in [-0.25, -0.2) is 15.0 Å². The lowest BCUT2D eigenvalue weighted by Gasteiger charge is -2.33. The number of piperazine rings is 1. The van der Waals surface area contributed by atoms with Crippen LogP contribution in [0.1, 0.15) is 22.4 Å². The van der Waals surface area contributed by atoms with Crippen molar-refractivity contribution >= 4 is 51.3 Å². The standard InChI is InChI=1S/C21H24ClN7OS/c1-13-5-4-6-15(22)19(13)27-20(30)16-12-23-21(31-16)26-17-11-18(25-14(2)24-17)29-9-7-28(3)8-10-29/h4-6,11-12H,7-10H2,1-3H3,(H,27,30)(H,23,24,25,26)/i3D. The first-order valence-corrected chi connectivity index (χ1v) is 11.0. The molecule has 0 bridgehead atoms. The Hall–Kier alpha value is -2.75. The van der Waals surface area contributed by atoms with E-state index in [4.69, 9.17) is 13.0 Å². The highest BCUT2D eigenvalue weighted by Gasteiger charge is 2.18. The van der Waals surface area contributed by atoms with Crippen molar-refractivity contribution in [1.29, 1.82) is 0 Å². The second-order valence-electron chi connectivity index (χ2n) is 7.30. The third-order valence-corrected chi connectivity index (χ3v) is 6.17. The minimum atomic E-state index is -0.265. The van der Waals surface area contributed by atoms with Gasteiger partial charge < -0.3 is 20.4 Å². The zero-order valence-corrected chi connectivity index (χ0v) is 18.9. The predicted octanol–water partition coefficient (Wildman–Crippen LogP) is 3.95. The van der Waals surface area contributed by atoms with E-state index in [1.807, 2.05) is 32.0 Å². The van der Waals surface area contributed by atoms with Crippen LogP contribution in [-0.4, -0.2) is 59.0 Å². The molecule has 3 aromatic rings. The Kier molecular flexibility index (Phi) is 5.97. The van der Waals surface area contributed by atoms with E-state index in [-0.39, 0.29) is 5.91 Å². The highest BCUT2D eigenvalue weighted by atomic mass is 35.5. The molecule has 0 spiro atoms. The maximum absolute atomic E-state index is 12.7. The number of nitrogens with zero attached hydrogens (tertiary/aromatic N) is 5. The molecule has 162 valence electrons. The fourth-order valence-corrected chi connectivity index (χ4v) is 4.25. The van der Waals surface area contributed by atoms with Gasteiger partial charge in [-0.05, 0) is 32.5 Å².